The highest BCUT2D eigenvalue weighted by Gasteiger charge is 2.25. The zero-order valence-electron chi connectivity index (χ0n) is 12.8. The second-order valence-electron chi connectivity index (χ2n) is 5.66. The Labute approximate surface area is 131 Å². The van der Waals surface area contributed by atoms with Crippen LogP contribution in [0.15, 0.2) is 54.6 Å². The Morgan fingerprint density at radius 1 is 1.18 bits per heavy atom. The van der Waals surface area contributed by atoms with Gasteiger partial charge in [-0.1, -0.05) is 55.5 Å². The molecular weight excluding hydrogens is 274 g/mol. The average molecular weight is 295 g/mol. The maximum absolute atomic E-state index is 12.5. The van der Waals surface area contributed by atoms with Gasteiger partial charge in [0.15, 0.2) is 0 Å². The van der Waals surface area contributed by atoms with Crippen molar-refractivity contribution in [1.29, 1.82) is 0 Å². The molecule has 3 rings (SSSR count). The number of hydrogen-bond acceptors (Lipinski definition) is 2. The fourth-order valence-electron chi connectivity index (χ4n) is 3.00. The number of rotatable bonds is 5. The van der Waals surface area contributed by atoms with Crippen molar-refractivity contribution in [2.24, 2.45) is 0 Å². The lowest BCUT2D eigenvalue weighted by Crippen LogP contribution is -2.33. The van der Waals surface area contributed by atoms with Crippen LogP contribution in [0.3, 0.4) is 0 Å². The molecule has 114 valence electrons. The first kappa shape index (κ1) is 14.6. The van der Waals surface area contributed by atoms with Gasteiger partial charge in [0.25, 0.3) is 0 Å². The minimum absolute atomic E-state index is 0.0845. The molecule has 1 N–H and O–H groups in total. The van der Waals surface area contributed by atoms with Crippen molar-refractivity contribution < 1.29 is 9.53 Å². The minimum Gasteiger partial charge on any atom is -0.493 e. The Morgan fingerprint density at radius 3 is 2.68 bits per heavy atom. The van der Waals surface area contributed by atoms with E-state index in [-0.39, 0.29) is 17.7 Å². The van der Waals surface area contributed by atoms with E-state index in [1.165, 1.54) is 5.56 Å². The van der Waals surface area contributed by atoms with Crippen LogP contribution < -0.4 is 10.1 Å². The van der Waals surface area contributed by atoms with Crippen molar-refractivity contribution in [3.05, 3.63) is 65.7 Å². The summed E-state index contributed by atoms with van der Waals surface area (Å²) < 4.78 is 5.66. The van der Waals surface area contributed by atoms with Gasteiger partial charge in [-0.3, -0.25) is 4.79 Å². The molecule has 0 radical (unpaired) electrons. The third kappa shape index (κ3) is 2.98. The van der Waals surface area contributed by atoms with Gasteiger partial charge >= 0.3 is 0 Å². The zero-order valence-corrected chi connectivity index (χ0v) is 12.8. The molecule has 0 spiro atoms. The summed E-state index contributed by atoms with van der Waals surface area (Å²) in [7, 11) is 0. The van der Waals surface area contributed by atoms with Gasteiger partial charge in [-0.15, -0.1) is 0 Å². The topological polar surface area (TPSA) is 38.3 Å². The second kappa shape index (κ2) is 6.65. The summed E-state index contributed by atoms with van der Waals surface area (Å²) >= 11 is 0. The van der Waals surface area contributed by atoms with Crippen LogP contribution in [0, 0.1) is 0 Å². The lowest BCUT2D eigenvalue weighted by atomic mass is 9.95. The highest BCUT2D eigenvalue weighted by molar-refractivity contribution is 5.83. The molecule has 2 aromatic carbocycles. The van der Waals surface area contributed by atoms with Crippen molar-refractivity contribution >= 4 is 5.91 Å². The molecule has 2 atom stereocenters. The Morgan fingerprint density at radius 2 is 1.91 bits per heavy atom. The summed E-state index contributed by atoms with van der Waals surface area (Å²) in [5.74, 6) is 1.20. The molecule has 1 amide bonds. The number of nitrogens with one attached hydrogen (secondary N) is 1. The first-order valence-corrected chi connectivity index (χ1v) is 7.84. The molecule has 3 nitrogen and oxygen atoms in total. The van der Waals surface area contributed by atoms with Crippen molar-refractivity contribution in [2.75, 3.05) is 13.2 Å². The van der Waals surface area contributed by atoms with Gasteiger partial charge in [-0.25, -0.2) is 0 Å². The van der Waals surface area contributed by atoms with Gasteiger partial charge in [0, 0.05) is 18.0 Å². The van der Waals surface area contributed by atoms with Crippen molar-refractivity contribution in [1.82, 2.24) is 5.32 Å². The fourth-order valence-corrected chi connectivity index (χ4v) is 3.00. The number of benzene rings is 2. The number of amides is 1. The molecule has 0 saturated carbocycles. The third-order valence-corrected chi connectivity index (χ3v) is 4.25. The van der Waals surface area contributed by atoms with Crippen LogP contribution in [-0.4, -0.2) is 19.1 Å². The Balaban J connectivity index is 1.63. The van der Waals surface area contributed by atoms with Crippen LogP contribution >= 0.6 is 0 Å². The minimum atomic E-state index is -0.0845. The lowest BCUT2D eigenvalue weighted by Gasteiger charge is -2.17. The summed E-state index contributed by atoms with van der Waals surface area (Å²) in [5.41, 5.74) is 2.26. The maximum atomic E-state index is 12.5. The predicted molar refractivity (Wildman–Crippen MR) is 87.2 cm³/mol. The average Bonchev–Trinajstić information content (AvgIpc) is 2.98. The molecule has 0 bridgehead atoms. The van der Waals surface area contributed by atoms with Crippen LogP contribution in [0.1, 0.15) is 36.3 Å². The van der Waals surface area contributed by atoms with Crippen LogP contribution in [0.25, 0.3) is 0 Å². The smallest absolute Gasteiger partial charge is 0.227 e. The van der Waals surface area contributed by atoms with E-state index in [0.717, 1.165) is 17.7 Å². The molecule has 3 heteroatoms. The number of fused-ring (bicyclic) bond motifs is 1. The van der Waals surface area contributed by atoms with E-state index in [2.05, 4.69) is 11.4 Å². The summed E-state index contributed by atoms with van der Waals surface area (Å²) in [6.07, 6.45) is 0.799. The Bertz CT molecular complexity index is 639. The van der Waals surface area contributed by atoms with E-state index < -0.39 is 0 Å². The number of ether oxygens (including phenoxy) is 1. The third-order valence-electron chi connectivity index (χ3n) is 4.25. The SMILES string of the molecule is CC[C@@H](C(=O)NC[C@@H]1COc2ccccc21)c1ccccc1. The van der Waals surface area contributed by atoms with Crippen molar-refractivity contribution in [3.63, 3.8) is 0 Å². The van der Waals surface area contributed by atoms with Crippen LogP contribution in [-0.2, 0) is 4.79 Å². The summed E-state index contributed by atoms with van der Waals surface area (Å²) in [6, 6.07) is 18.0. The maximum Gasteiger partial charge on any atom is 0.227 e. The van der Waals surface area contributed by atoms with Gasteiger partial charge in [-0.2, -0.15) is 0 Å². The molecule has 2 aromatic rings. The zero-order chi connectivity index (χ0) is 15.4. The molecule has 0 aromatic heterocycles. The van der Waals surface area contributed by atoms with E-state index in [1.807, 2.05) is 55.5 Å². The molecule has 0 aliphatic carbocycles. The van der Waals surface area contributed by atoms with Crippen LogP contribution in [0.4, 0.5) is 0 Å². The van der Waals surface area contributed by atoms with Gasteiger partial charge in [0.05, 0.1) is 12.5 Å². The Kier molecular flexibility index (Phi) is 4.42. The van der Waals surface area contributed by atoms with E-state index in [9.17, 15) is 4.79 Å². The largest absolute Gasteiger partial charge is 0.493 e. The summed E-state index contributed by atoms with van der Waals surface area (Å²) in [6.45, 7) is 3.31. The fraction of sp³-hybridized carbons (Fsp3) is 0.316. The first-order valence-electron chi connectivity index (χ1n) is 7.84. The normalized spacial score (nSPS) is 17.4. The Hall–Kier alpha value is -2.29. The monoisotopic (exact) mass is 295 g/mol. The molecule has 0 fully saturated rings. The van der Waals surface area contributed by atoms with Crippen LogP contribution in [0.2, 0.25) is 0 Å². The summed E-state index contributed by atoms with van der Waals surface area (Å²) in [4.78, 5) is 12.5. The standard InChI is InChI=1S/C19H21NO2/c1-2-16(14-8-4-3-5-9-14)19(21)20-12-15-13-22-18-11-7-6-10-17(15)18/h3-11,15-16H,2,12-13H2,1H3,(H,20,21)/t15-,16-/m1/s1. The number of carbonyl (C=O) groups excluding carboxylic acids is 1. The molecular formula is C19H21NO2. The van der Waals surface area contributed by atoms with E-state index >= 15 is 0 Å². The number of carbonyl (C=O) groups is 1. The summed E-state index contributed by atoms with van der Waals surface area (Å²) in [5, 5.41) is 3.10. The van der Waals surface area contributed by atoms with E-state index in [4.69, 9.17) is 4.74 Å². The van der Waals surface area contributed by atoms with E-state index in [0.29, 0.717) is 13.2 Å². The molecule has 1 aliphatic rings. The van der Waals surface area contributed by atoms with Crippen molar-refractivity contribution in [3.8, 4) is 5.75 Å². The van der Waals surface area contributed by atoms with Gasteiger partial charge < -0.3 is 10.1 Å². The first-order chi connectivity index (χ1) is 10.8. The highest BCUT2D eigenvalue weighted by Crippen LogP contribution is 2.33. The molecule has 0 saturated heterocycles. The second-order valence-corrected chi connectivity index (χ2v) is 5.66. The van der Waals surface area contributed by atoms with Gasteiger partial charge in [0.1, 0.15) is 5.75 Å². The van der Waals surface area contributed by atoms with E-state index in [1.54, 1.807) is 0 Å². The molecule has 0 unspecified atom stereocenters. The number of hydrogen-bond donors (Lipinski definition) is 1. The molecule has 1 aliphatic heterocycles. The quantitative estimate of drug-likeness (QED) is 0.917. The van der Waals surface area contributed by atoms with Crippen molar-refractivity contribution in [2.45, 2.75) is 25.2 Å². The van der Waals surface area contributed by atoms with Crippen LogP contribution in [0.5, 0.6) is 5.75 Å². The predicted octanol–water partition coefficient (Wildman–Crippen LogP) is 3.47. The highest BCUT2D eigenvalue weighted by atomic mass is 16.5. The van der Waals surface area contributed by atoms with Gasteiger partial charge in [-0.05, 0) is 18.1 Å². The lowest BCUT2D eigenvalue weighted by molar-refractivity contribution is -0.122. The molecule has 1 heterocycles. The number of para-hydroxylation sites is 1. The van der Waals surface area contributed by atoms with Gasteiger partial charge in [0.2, 0.25) is 5.91 Å². The molecule has 22 heavy (non-hydrogen) atoms.